The van der Waals surface area contributed by atoms with Crippen LogP contribution in [0.15, 0.2) is 0 Å². The highest BCUT2D eigenvalue weighted by molar-refractivity contribution is 4.99. The van der Waals surface area contributed by atoms with Crippen molar-refractivity contribution in [3.63, 3.8) is 0 Å². The molecule has 3 heteroatoms. The molecule has 2 atom stereocenters. The minimum atomic E-state index is -0.0484. The molecule has 0 amide bonds. The van der Waals surface area contributed by atoms with Gasteiger partial charge in [-0.05, 0) is 38.0 Å². The highest BCUT2D eigenvalue weighted by Crippen LogP contribution is 2.38. The van der Waals surface area contributed by atoms with Gasteiger partial charge >= 0.3 is 0 Å². The maximum atomic E-state index is 9.84. The molecule has 0 saturated heterocycles. The topological polar surface area (TPSA) is 41.5 Å². The molecule has 112 valence electrons. The van der Waals surface area contributed by atoms with E-state index in [0.29, 0.717) is 18.1 Å². The molecule has 2 aliphatic rings. The first-order valence-electron chi connectivity index (χ1n) is 8.16. The molecule has 2 fully saturated rings. The third-order valence-electron chi connectivity index (χ3n) is 4.94. The second kappa shape index (κ2) is 7.05. The Balaban J connectivity index is 1.79. The molecule has 0 aromatic heterocycles. The Morgan fingerprint density at radius 1 is 1.21 bits per heavy atom. The molecule has 0 radical (unpaired) electrons. The van der Waals surface area contributed by atoms with E-state index in [1.54, 1.807) is 0 Å². The van der Waals surface area contributed by atoms with E-state index in [2.05, 4.69) is 19.2 Å². The number of nitrogens with one attached hydrogen (secondary N) is 1. The van der Waals surface area contributed by atoms with Gasteiger partial charge in [0.25, 0.3) is 0 Å². The Morgan fingerprint density at radius 2 is 1.95 bits per heavy atom. The van der Waals surface area contributed by atoms with Gasteiger partial charge in [-0.15, -0.1) is 0 Å². The predicted octanol–water partition coefficient (Wildman–Crippen LogP) is 2.86. The van der Waals surface area contributed by atoms with Crippen LogP contribution in [0.25, 0.3) is 0 Å². The lowest BCUT2D eigenvalue weighted by molar-refractivity contribution is 0.0331. The summed E-state index contributed by atoms with van der Waals surface area (Å²) in [6.07, 6.45) is 10.4. The first-order valence-corrected chi connectivity index (χ1v) is 8.16. The van der Waals surface area contributed by atoms with E-state index in [1.165, 1.54) is 38.5 Å². The highest BCUT2D eigenvalue weighted by Gasteiger charge is 2.42. The van der Waals surface area contributed by atoms with Crippen LogP contribution in [-0.4, -0.2) is 36.0 Å². The van der Waals surface area contributed by atoms with Gasteiger partial charge in [-0.3, -0.25) is 0 Å². The van der Waals surface area contributed by atoms with E-state index in [-0.39, 0.29) is 12.1 Å². The average Bonchev–Trinajstić information content (AvgIpc) is 3.00. The van der Waals surface area contributed by atoms with Crippen molar-refractivity contribution in [3.8, 4) is 0 Å². The van der Waals surface area contributed by atoms with Gasteiger partial charge in [-0.2, -0.15) is 0 Å². The number of aliphatic hydroxyl groups is 1. The number of hydrogen-bond donors (Lipinski definition) is 2. The van der Waals surface area contributed by atoms with Crippen LogP contribution in [0.4, 0.5) is 0 Å². The molecule has 2 rings (SSSR count). The third-order valence-corrected chi connectivity index (χ3v) is 4.94. The molecule has 2 unspecified atom stereocenters. The summed E-state index contributed by atoms with van der Waals surface area (Å²) in [5.74, 6) is 0.571. The van der Waals surface area contributed by atoms with Crippen LogP contribution in [-0.2, 0) is 4.74 Å². The van der Waals surface area contributed by atoms with Gasteiger partial charge in [0.15, 0.2) is 0 Å². The Labute approximate surface area is 118 Å². The Kier molecular flexibility index (Phi) is 5.67. The zero-order chi connectivity index (χ0) is 13.7. The molecule has 0 aromatic rings. The van der Waals surface area contributed by atoms with Crippen LogP contribution in [0.2, 0.25) is 0 Å². The molecule has 0 heterocycles. The molecule has 2 saturated carbocycles. The molecule has 0 bridgehead atoms. The number of aliphatic hydroxyl groups excluding tert-OH is 1. The maximum Gasteiger partial charge on any atom is 0.0616 e. The second-order valence-corrected chi connectivity index (χ2v) is 6.77. The largest absolute Gasteiger partial charge is 0.394 e. The lowest BCUT2D eigenvalue weighted by Gasteiger charge is -2.37. The third kappa shape index (κ3) is 3.93. The zero-order valence-electron chi connectivity index (χ0n) is 12.7. The maximum absolute atomic E-state index is 9.84. The smallest absolute Gasteiger partial charge is 0.0616 e. The molecule has 2 aliphatic carbocycles. The van der Waals surface area contributed by atoms with E-state index < -0.39 is 0 Å². The molecular weight excluding hydrogens is 238 g/mol. The van der Waals surface area contributed by atoms with Crippen molar-refractivity contribution in [2.75, 3.05) is 13.2 Å². The van der Waals surface area contributed by atoms with Gasteiger partial charge in [0.2, 0.25) is 0 Å². The second-order valence-electron chi connectivity index (χ2n) is 6.77. The fourth-order valence-electron chi connectivity index (χ4n) is 4.02. The summed E-state index contributed by atoms with van der Waals surface area (Å²) in [5.41, 5.74) is -0.0484. The van der Waals surface area contributed by atoms with Crippen molar-refractivity contribution in [2.24, 2.45) is 5.92 Å². The van der Waals surface area contributed by atoms with Crippen LogP contribution in [0.3, 0.4) is 0 Å². The monoisotopic (exact) mass is 269 g/mol. The minimum Gasteiger partial charge on any atom is -0.394 e. The van der Waals surface area contributed by atoms with Crippen molar-refractivity contribution >= 4 is 0 Å². The Hall–Kier alpha value is -0.120. The van der Waals surface area contributed by atoms with Crippen molar-refractivity contribution in [3.05, 3.63) is 0 Å². The van der Waals surface area contributed by atoms with E-state index in [9.17, 15) is 5.11 Å². The van der Waals surface area contributed by atoms with Gasteiger partial charge in [-0.25, -0.2) is 0 Å². The van der Waals surface area contributed by atoms with Gasteiger partial charge in [0, 0.05) is 18.2 Å². The first-order chi connectivity index (χ1) is 9.16. The summed E-state index contributed by atoms with van der Waals surface area (Å²) < 4.78 is 6.00. The summed E-state index contributed by atoms with van der Waals surface area (Å²) in [7, 11) is 0. The standard InChI is InChI=1S/C16H31NO2/c1-13(2)17-16(12-18)10-5-6-14(16)9-11-19-15-7-3-4-8-15/h13-15,17-18H,3-12H2,1-2H3. The summed E-state index contributed by atoms with van der Waals surface area (Å²) in [6, 6.07) is 0.434. The van der Waals surface area contributed by atoms with Gasteiger partial charge < -0.3 is 15.2 Å². The highest BCUT2D eigenvalue weighted by atomic mass is 16.5. The first kappa shape index (κ1) is 15.3. The summed E-state index contributed by atoms with van der Waals surface area (Å²) >= 11 is 0. The summed E-state index contributed by atoms with van der Waals surface area (Å²) in [4.78, 5) is 0. The van der Waals surface area contributed by atoms with E-state index in [4.69, 9.17) is 4.74 Å². The Morgan fingerprint density at radius 3 is 2.58 bits per heavy atom. The quantitative estimate of drug-likeness (QED) is 0.747. The van der Waals surface area contributed by atoms with Gasteiger partial charge in [0.05, 0.1) is 12.7 Å². The molecule has 19 heavy (non-hydrogen) atoms. The minimum absolute atomic E-state index is 0.0484. The zero-order valence-corrected chi connectivity index (χ0v) is 12.7. The fourth-order valence-corrected chi connectivity index (χ4v) is 4.02. The molecular formula is C16H31NO2. The number of hydrogen-bond acceptors (Lipinski definition) is 3. The molecule has 3 nitrogen and oxygen atoms in total. The number of rotatable bonds is 7. The van der Waals surface area contributed by atoms with Crippen LogP contribution < -0.4 is 5.32 Å². The fraction of sp³-hybridized carbons (Fsp3) is 1.00. The summed E-state index contributed by atoms with van der Waals surface area (Å²) in [5, 5.41) is 13.5. The van der Waals surface area contributed by atoms with Gasteiger partial charge in [-0.1, -0.05) is 33.1 Å². The van der Waals surface area contributed by atoms with E-state index in [0.717, 1.165) is 19.4 Å². The van der Waals surface area contributed by atoms with Crippen molar-refractivity contribution in [1.29, 1.82) is 0 Å². The average molecular weight is 269 g/mol. The normalized spacial score (nSPS) is 32.5. The van der Waals surface area contributed by atoms with E-state index >= 15 is 0 Å². The van der Waals surface area contributed by atoms with Crippen LogP contribution in [0.1, 0.15) is 65.2 Å². The van der Waals surface area contributed by atoms with Crippen LogP contribution >= 0.6 is 0 Å². The SMILES string of the molecule is CC(C)NC1(CO)CCCC1CCOC1CCCC1. The lowest BCUT2D eigenvalue weighted by atomic mass is 9.85. The van der Waals surface area contributed by atoms with Crippen molar-refractivity contribution in [2.45, 2.75) is 82.9 Å². The lowest BCUT2D eigenvalue weighted by Crippen LogP contribution is -2.54. The Bertz CT molecular complexity index is 263. The van der Waals surface area contributed by atoms with E-state index in [1.807, 2.05) is 0 Å². The van der Waals surface area contributed by atoms with Crippen molar-refractivity contribution in [1.82, 2.24) is 5.32 Å². The predicted molar refractivity (Wildman–Crippen MR) is 78.3 cm³/mol. The molecule has 0 aromatic carbocycles. The van der Waals surface area contributed by atoms with Gasteiger partial charge in [0.1, 0.15) is 0 Å². The van der Waals surface area contributed by atoms with Crippen molar-refractivity contribution < 1.29 is 9.84 Å². The van der Waals surface area contributed by atoms with Crippen LogP contribution in [0, 0.1) is 5.92 Å². The number of ether oxygens (including phenoxy) is 1. The summed E-state index contributed by atoms with van der Waals surface area (Å²) in [6.45, 7) is 5.47. The molecule has 0 spiro atoms. The van der Waals surface area contributed by atoms with Crippen LogP contribution in [0.5, 0.6) is 0 Å². The molecule has 2 N–H and O–H groups in total. The molecule has 0 aliphatic heterocycles.